The van der Waals surface area contributed by atoms with Crippen molar-refractivity contribution in [3.63, 3.8) is 0 Å². The van der Waals surface area contributed by atoms with Gasteiger partial charge in [0.25, 0.3) is 5.24 Å². The van der Waals surface area contributed by atoms with Gasteiger partial charge in [0.05, 0.1) is 12.7 Å². The lowest BCUT2D eigenvalue weighted by atomic mass is 10.1. The van der Waals surface area contributed by atoms with Crippen molar-refractivity contribution < 1.29 is 9.53 Å². The SMILES string of the molecule is COc1cc(C)cc(Br)c1C(=O)Cl. The molecule has 0 saturated carbocycles. The molecular weight excluding hydrogens is 255 g/mol. The van der Waals surface area contributed by atoms with Gasteiger partial charge in [0.2, 0.25) is 0 Å². The summed E-state index contributed by atoms with van der Waals surface area (Å²) in [6.07, 6.45) is 0. The van der Waals surface area contributed by atoms with E-state index in [-0.39, 0.29) is 0 Å². The van der Waals surface area contributed by atoms with Crippen LogP contribution in [0.1, 0.15) is 15.9 Å². The quantitative estimate of drug-likeness (QED) is 0.766. The van der Waals surface area contributed by atoms with Crippen molar-refractivity contribution in [2.24, 2.45) is 0 Å². The molecule has 0 amide bonds. The molecular formula is C9H8BrClO2. The number of halogens is 2. The highest BCUT2D eigenvalue weighted by atomic mass is 79.9. The van der Waals surface area contributed by atoms with E-state index in [4.69, 9.17) is 16.3 Å². The summed E-state index contributed by atoms with van der Waals surface area (Å²) in [5.41, 5.74) is 1.38. The Bertz CT molecular complexity index is 350. The normalized spacial score (nSPS) is 9.85. The molecule has 0 aliphatic rings. The van der Waals surface area contributed by atoms with Crippen LogP contribution in [0.4, 0.5) is 0 Å². The van der Waals surface area contributed by atoms with Crippen LogP contribution in [0.3, 0.4) is 0 Å². The van der Waals surface area contributed by atoms with E-state index in [0.29, 0.717) is 15.8 Å². The van der Waals surface area contributed by atoms with Crippen LogP contribution in [0.2, 0.25) is 0 Å². The molecule has 0 fully saturated rings. The molecule has 13 heavy (non-hydrogen) atoms. The van der Waals surface area contributed by atoms with E-state index in [2.05, 4.69) is 15.9 Å². The number of carbonyl (C=O) groups excluding carboxylic acids is 1. The second kappa shape index (κ2) is 4.11. The van der Waals surface area contributed by atoms with E-state index in [1.165, 1.54) is 7.11 Å². The Morgan fingerprint density at radius 1 is 1.54 bits per heavy atom. The smallest absolute Gasteiger partial charge is 0.257 e. The zero-order valence-corrected chi connectivity index (χ0v) is 9.57. The summed E-state index contributed by atoms with van der Waals surface area (Å²) in [6, 6.07) is 3.58. The first kappa shape index (κ1) is 10.5. The average Bonchev–Trinajstić information content (AvgIpc) is 2.01. The van der Waals surface area contributed by atoms with Crippen molar-refractivity contribution in [1.29, 1.82) is 0 Å². The molecule has 0 unspecified atom stereocenters. The summed E-state index contributed by atoms with van der Waals surface area (Å²) in [5.74, 6) is 0.492. The number of aryl methyl sites for hydroxylation is 1. The van der Waals surface area contributed by atoms with E-state index in [9.17, 15) is 4.79 Å². The minimum Gasteiger partial charge on any atom is -0.496 e. The minimum absolute atomic E-state index is 0.370. The summed E-state index contributed by atoms with van der Waals surface area (Å²) in [7, 11) is 1.50. The van der Waals surface area contributed by atoms with Crippen molar-refractivity contribution in [3.8, 4) is 5.75 Å². The zero-order chi connectivity index (χ0) is 10.0. The predicted molar refractivity (Wildman–Crippen MR) is 55.6 cm³/mol. The van der Waals surface area contributed by atoms with E-state index in [1.54, 1.807) is 6.07 Å². The third kappa shape index (κ3) is 2.23. The Morgan fingerprint density at radius 3 is 2.62 bits per heavy atom. The lowest BCUT2D eigenvalue weighted by Gasteiger charge is -2.07. The Labute approximate surface area is 90.0 Å². The molecule has 1 rings (SSSR count). The van der Waals surface area contributed by atoms with Gasteiger partial charge in [0.1, 0.15) is 5.75 Å². The van der Waals surface area contributed by atoms with Crippen LogP contribution < -0.4 is 4.74 Å². The van der Waals surface area contributed by atoms with Gasteiger partial charge in [-0.15, -0.1) is 0 Å². The van der Waals surface area contributed by atoms with Gasteiger partial charge < -0.3 is 4.74 Å². The fourth-order valence-corrected chi connectivity index (χ4v) is 2.11. The second-order valence-electron chi connectivity index (χ2n) is 2.60. The number of rotatable bonds is 2. The number of carbonyl (C=O) groups is 1. The fourth-order valence-electron chi connectivity index (χ4n) is 1.06. The fraction of sp³-hybridized carbons (Fsp3) is 0.222. The van der Waals surface area contributed by atoms with Crippen LogP contribution >= 0.6 is 27.5 Å². The summed E-state index contributed by atoms with van der Waals surface area (Å²) in [6.45, 7) is 1.91. The van der Waals surface area contributed by atoms with Gasteiger partial charge in [0.15, 0.2) is 0 Å². The Balaban J connectivity index is 3.38. The van der Waals surface area contributed by atoms with Gasteiger partial charge in [0, 0.05) is 4.47 Å². The number of benzene rings is 1. The van der Waals surface area contributed by atoms with Crippen LogP contribution in [-0.4, -0.2) is 12.4 Å². The van der Waals surface area contributed by atoms with Crippen LogP contribution in [0, 0.1) is 6.92 Å². The molecule has 0 saturated heterocycles. The third-order valence-corrected chi connectivity index (χ3v) is 2.43. The lowest BCUT2D eigenvalue weighted by molar-refractivity contribution is 0.107. The first-order valence-corrected chi connectivity index (χ1v) is 4.77. The molecule has 0 bridgehead atoms. The number of methoxy groups -OCH3 is 1. The van der Waals surface area contributed by atoms with Crippen molar-refractivity contribution in [3.05, 3.63) is 27.7 Å². The first-order chi connectivity index (χ1) is 6.06. The third-order valence-electron chi connectivity index (χ3n) is 1.61. The average molecular weight is 264 g/mol. The summed E-state index contributed by atoms with van der Waals surface area (Å²) in [4.78, 5) is 11.0. The standard InChI is InChI=1S/C9H8BrClO2/c1-5-3-6(10)8(9(11)12)7(4-5)13-2/h3-4H,1-2H3. The summed E-state index contributed by atoms with van der Waals surface area (Å²) < 4.78 is 5.69. The molecule has 4 heteroatoms. The topological polar surface area (TPSA) is 26.3 Å². The largest absolute Gasteiger partial charge is 0.496 e. The van der Waals surface area contributed by atoms with Gasteiger partial charge >= 0.3 is 0 Å². The van der Waals surface area contributed by atoms with Gasteiger partial charge in [-0.05, 0) is 52.2 Å². The Hall–Kier alpha value is -0.540. The molecule has 0 heterocycles. The highest BCUT2D eigenvalue weighted by Gasteiger charge is 2.14. The van der Waals surface area contributed by atoms with Crippen LogP contribution in [0.25, 0.3) is 0 Å². The Kier molecular flexibility index (Phi) is 3.33. The van der Waals surface area contributed by atoms with E-state index in [0.717, 1.165) is 5.56 Å². The number of hydrogen-bond donors (Lipinski definition) is 0. The van der Waals surface area contributed by atoms with Crippen LogP contribution in [0.5, 0.6) is 5.75 Å². The molecule has 1 aromatic rings. The molecule has 1 aromatic carbocycles. The van der Waals surface area contributed by atoms with Crippen molar-refractivity contribution in [2.75, 3.05) is 7.11 Å². The van der Waals surface area contributed by atoms with Crippen LogP contribution in [0.15, 0.2) is 16.6 Å². The highest BCUT2D eigenvalue weighted by molar-refractivity contribution is 9.10. The number of ether oxygens (including phenoxy) is 1. The Morgan fingerprint density at radius 2 is 2.15 bits per heavy atom. The maximum atomic E-state index is 11.0. The predicted octanol–water partition coefficient (Wildman–Crippen LogP) is 3.15. The molecule has 0 atom stereocenters. The van der Waals surface area contributed by atoms with E-state index in [1.807, 2.05) is 13.0 Å². The summed E-state index contributed by atoms with van der Waals surface area (Å²) >= 11 is 8.65. The monoisotopic (exact) mass is 262 g/mol. The molecule has 0 aliphatic heterocycles. The molecule has 0 aromatic heterocycles. The maximum Gasteiger partial charge on any atom is 0.257 e. The van der Waals surface area contributed by atoms with Crippen molar-refractivity contribution in [1.82, 2.24) is 0 Å². The lowest BCUT2D eigenvalue weighted by Crippen LogP contribution is -1.97. The molecule has 0 spiro atoms. The van der Waals surface area contributed by atoms with Gasteiger partial charge in [-0.1, -0.05) is 0 Å². The summed E-state index contributed by atoms with van der Waals surface area (Å²) in [5, 5.41) is -0.524. The maximum absolute atomic E-state index is 11.0. The van der Waals surface area contributed by atoms with Gasteiger partial charge in [-0.3, -0.25) is 4.79 Å². The second-order valence-corrected chi connectivity index (χ2v) is 3.80. The van der Waals surface area contributed by atoms with E-state index < -0.39 is 5.24 Å². The molecule has 0 N–H and O–H groups in total. The van der Waals surface area contributed by atoms with Gasteiger partial charge in [-0.2, -0.15) is 0 Å². The first-order valence-electron chi connectivity index (χ1n) is 3.60. The molecule has 2 nitrogen and oxygen atoms in total. The highest BCUT2D eigenvalue weighted by Crippen LogP contribution is 2.29. The minimum atomic E-state index is -0.524. The zero-order valence-electron chi connectivity index (χ0n) is 7.23. The molecule has 0 aliphatic carbocycles. The molecule has 70 valence electrons. The van der Waals surface area contributed by atoms with Crippen molar-refractivity contribution >= 4 is 32.8 Å². The van der Waals surface area contributed by atoms with E-state index >= 15 is 0 Å². The van der Waals surface area contributed by atoms with Crippen molar-refractivity contribution in [2.45, 2.75) is 6.92 Å². The van der Waals surface area contributed by atoms with Crippen LogP contribution in [-0.2, 0) is 0 Å². The molecule has 0 radical (unpaired) electrons. The number of hydrogen-bond acceptors (Lipinski definition) is 2. The van der Waals surface area contributed by atoms with Gasteiger partial charge in [-0.25, -0.2) is 0 Å².